The summed E-state index contributed by atoms with van der Waals surface area (Å²) in [6.07, 6.45) is 7.08. The third-order valence-electron chi connectivity index (χ3n) is 5.92. The summed E-state index contributed by atoms with van der Waals surface area (Å²) < 4.78 is 0. The number of nitrogens with one attached hydrogen (secondary N) is 1. The van der Waals surface area contributed by atoms with E-state index in [1.54, 1.807) is 0 Å². The quantitative estimate of drug-likeness (QED) is 0.913. The van der Waals surface area contributed by atoms with Gasteiger partial charge in [0.15, 0.2) is 0 Å². The molecule has 0 bridgehead atoms. The maximum Gasteiger partial charge on any atom is 0.223 e. The highest BCUT2D eigenvalue weighted by molar-refractivity contribution is 6.31. The summed E-state index contributed by atoms with van der Waals surface area (Å²) in [5.74, 6) is 0.644. The summed E-state index contributed by atoms with van der Waals surface area (Å²) in [6.45, 7) is 3.25. The average molecular weight is 333 g/mol. The van der Waals surface area contributed by atoms with Crippen molar-refractivity contribution in [1.29, 1.82) is 0 Å². The van der Waals surface area contributed by atoms with Crippen LogP contribution in [-0.4, -0.2) is 29.9 Å². The van der Waals surface area contributed by atoms with Gasteiger partial charge in [0.05, 0.1) is 0 Å². The molecule has 1 aliphatic heterocycles. The van der Waals surface area contributed by atoms with Crippen molar-refractivity contribution in [2.75, 3.05) is 13.1 Å². The van der Waals surface area contributed by atoms with Crippen molar-refractivity contribution < 1.29 is 4.79 Å². The van der Waals surface area contributed by atoms with E-state index in [1.165, 1.54) is 31.2 Å². The number of hydrogen-bond acceptors (Lipinski definition) is 2. The van der Waals surface area contributed by atoms with Crippen LogP contribution in [0.25, 0.3) is 0 Å². The molecule has 4 heteroatoms. The van der Waals surface area contributed by atoms with Gasteiger partial charge < -0.3 is 5.32 Å². The molecule has 2 saturated carbocycles. The Labute approximate surface area is 143 Å². The van der Waals surface area contributed by atoms with Gasteiger partial charge in [-0.25, -0.2) is 0 Å². The minimum atomic E-state index is 0.306. The highest BCUT2D eigenvalue weighted by atomic mass is 35.5. The molecule has 124 valence electrons. The van der Waals surface area contributed by atoms with Crippen LogP contribution >= 0.6 is 11.6 Å². The van der Waals surface area contributed by atoms with Gasteiger partial charge in [-0.1, -0.05) is 29.8 Å². The Bertz CT molecular complexity index is 583. The molecule has 1 aromatic rings. The van der Waals surface area contributed by atoms with Gasteiger partial charge in [-0.15, -0.1) is 0 Å². The number of carbonyl (C=O) groups is 1. The molecule has 1 saturated heterocycles. The van der Waals surface area contributed by atoms with E-state index in [2.05, 4.69) is 22.3 Å². The summed E-state index contributed by atoms with van der Waals surface area (Å²) >= 11 is 6.27. The van der Waals surface area contributed by atoms with Gasteiger partial charge in [-0.05, 0) is 68.7 Å². The Kier molecular flexibility index (Phi) is 4.10. The standard InChI is InChI=1S/C19H25ClN2O/c20-17-4-2-1-3-15(17)13-22-9-7-19(8-10-22)11-16(12-19)21-18(23)14-5-6-14/h1-4,14,16H,5-13H2,(H,21,23). The number of nitrogens with zero attached hydrogens (tertiary/aromatic N) is 1. The van der Waals surface area contributed by atoms with Gasteiger partial charge >= 0.3 is 0 Å². The maximum absolute atomic E-state index is 11.8. The largest absolute Gasteiger partial charge is 0.353 e. The molecular weight excluding hydrogens is 308 g/mol. The number of carbonyl (C=O) groups excluding carboxylic acids is 1. The van der Waals surface area contributed by atoms with Crippen LogP contribution in [0, 0.1) is 11.3 Å². The molecule has 3 aliphatic rings. The van der Waals surface area contributed by atoms with E-state index in [0.29, 0.717) is 23.3 Å². The zero-order chi connectivity index (χ0) is 15.9. The maximum atomic E-state index is 11.8. The van der Waals surface area contributed by atoms with Crippen molar-refractivity contribution in [3.63, 3.8) is 0 Å². The van der Waals surface area contributed by atoms with E-state index < -0.39 is 0 Å². The molecule has 1 spiro atoms. The Balaban J connectivity index is 1.24. The topological polar surface area (TPSA) is 32.3 Å². The first-order valence-electron chi connectivity index (χ1n) is 8.90. The van der Waals surface area contributed by atoms with E-state index in [9.17, 15) is 4.79 Å². The fourth-order valence-electron chi connectivity index (χ4n) is 4.21. The molecule has 1 N–H and O–H groups in total. The summed E-state index contributed by atoms with van der Waals surface area (Å²) in [5.41, 5.74) is 1.73. The number of rotatable bonds is 4. The minimum absolute atomic E-state index is 0.306. The van der Waals surface area contributed by atoms with Gasteiger partial charge in [-0.2, -0.15) is 0 Å². The Hall–Kier alpha value is -1.06. The van der Waals surface area contributed by atoms with Gasteiger partial charge in [-0.3, -0.25) is 9.69 Å². The van der Waals surface area contributed by atoms with Crippen LogP contribution < -0.4 is 5.32 Å². The summed E-state index contributed by atoms with van der Waals surface area (Å²) in [5, 5.41) is 4.11. The fraction of sp³-hybridized carbons (Fsp3) is 0.632. The van der Waals surface area contributed by atoms with Gasteiger partial charge in [0, 0.05) is 23.5 Å². The molecule has 3 fully saturated rings. The molecule has 0 radical (unpaired) electrons. The van der Waals surface area contributed by atoms with E-state index in [-0.39, 0.29) is 0 Å². The zero-order valence-corrected chi connectivity index (χ0v) is 14.3. The second-order valence-corrected chi connectivity index (χ2v) is 8.16. The summed E-state index contributed by atoms with van der Waals surface area (Å²) in [4.78, 5) is 14.4. The predicted octanol–water partition coefficient (Wildman–Crippen LogP) is 3.61. The van der Waals surface area contributed by atoms with Crippen LogP contribution in [-0.2, 0) is 11.3 Å². The third kappa shape index (κ3) is 3.41. The molecule has 23 heavy (non-hydrogen) atoms. The van der Waals surface area contributed by atoms with Crippen LogP contribution in [0.15, 0.2) is 24.3 Å². The molecule has 1 amide bonds. The zero-order valence-electron chi connectivity index (χ0n) is 13.6. The molecular formula is C19H25ClN2O. The number of halogens is 1. The number of amides is 1. The number of piperidine rings is 1. The molecule has 4 rings (SSSR count). The highest BCUT2D eigenvalue weighted by Gasteiger charge is 2.47. The lowest BCUT2D eigenvalue weighted by Crippen LogP contribution is -2.55. The molecule has 3 nitrogen and oxygen atoms in total. The molecule has 0 unspecified atom stereocenters. The molecule has 1 heterocycles. The first-order chi connectivity index (χ1) is 11.1. The van der Waals surface area contributed by atoms with Crippen molar-refractivity contribution in [3.8, 4) is 0 Å². The molecule has 1 aromatic carbocycles. The Morgan fingerprint density at radius 1 is 1.22 bits per heavy atom. The van der Waals surface area contributed by atoms with Crippen molar-refractivity contribution >= 4 is 17.5 Å². The smallest absolute Gasteiger partial charge is 0.223 e. The second-order valence-electron chi connectivity index (χ2n) is 7.76. The monoisotopic (exact) mass is 332 g/mol. The van der Waals surface area contributed by atoms with Crippen LogP contribution in [0.4, 0.5) is 0 Å². The Morgan fingerprint density at radius 3 is 2.57 bits per heavy atom. The summed E-state index contributed by atoms with van der Waals surface area (Å²) in [6, 6.07) is 8.59. The SMILES string of the molecule is O=C(NC1CC2(CCN(Cc3ccccc3Cl)CC2)C1)C1CC1. The van der Waals surface area contributed by atoms with Gasteiger partial charge in [0.25, 0.3) is 0 Å². The number of hydrogen-bond donors (Lipinski definition) is 1. The normalized spacial score (nSPS) is 24.4. The van der Waals surface area contributed by atoms with Crippen LogP contribution in [0.5, 0.6) is 0 Å². The van der Waals surface area contributed by atoms with E-state index in [1.807, 2.05) is 12.1 Å². The summed E-state index contributed by atoms with van der Waals surface area (Å²) in [7, 11) is 0. The van der Waals surface area contributed by atoms with Crippen LogP contribution in [0.1, 0.15) is 44.1 Å². The lowest BCUT2D eigenvalue weighted by atomic mass is 9.60. The van der Waals surface area contributed by atoms with Crippen molar-refractivity contribution in [3.05, 3.63) is 34.9 Å². The number of likely N-dealkylation sites (tertiary alicyclic amines) is 1. The lowest BCUT2D eigenvalue weighted by molar-refractivity contribution is -0.125. The van der Waals surface area contributed by atoms with E-state index in [0.717, 1.165) is 37.5 Å². The number of benzene rings is 1. The second kappa shape index (κ2) is 6.10. The fourth-order valence-corrected chi connectivity index (χ4v) is 4.41. The molecule has 0 aromatic heterocycles. The average Bonchev–Trinajstić information content (AvgIpc) is 3.35. The van der Waals surface area contributed by atoms with Gasteiger partial charge in [0.1, 0.15) is 0 Å². The van der Waals surface area contributed by atoms with Crippen molar-refractivity contribution in [1.82, 2.24) is 10.2 Å². The van der Waals surface area contributed by atoms with Crippen LogP contribution in [0.2, 0.25) is 5.02 Å². The van der Waals surface area contributed by atoms with Gasteiger partial charge in [0.2, 0.25) is 5.91 Å². The Morgan fingerprint density at radius 2 is 1.91 bits per heavy atom. The van der Waals surface area contributed by atoms with Crippen molar-refractivity contribution in [2.45, 2.75) is 51.1 Å². The molecule has 0 atom stereocenters. The van der Waals surface area contributed by atoms with E-state index >= 15 is 0 Å². The first kappa shape index (κ1) is 15.5. The third-order valence-corrected chi connectivity index (χ3v) is 6.29. The minimum Gasteiger partial charge on any atom is -0.353 e. The predicted molar refractivity (Wildman–Crippen MR) is 92.3 cm³/mol. The lowest BCUT2D eigenvalue weighted by Gasteiger charge is -2.52. The van der Waals surface area contributed by atoms with E-state index in [4.69, 9.17) is 11.6 Å². The van der Waals surface area contributed by atoms with Crippen LogP contribution in [0.3, 0.4) is 0 Å². The molecule has 2 aliphatic carbocycles. The highest BCUT2D eigenvalue weighted by Crippen LogP contribution is 2.49. The first-order valence-corrected chi connectivity index (χ1v) is 9.28. The van der Waals surface area contributed by atoms with Crippen molar-refractivity contribution in [2.24, 2.45) is 11.3 Å².